The Bertz CT molecular complexity index is 1200. The number of fused-ring (bicyclic) bond motifs is 1. The smallest absolute Gasteiger partial charge is 0.305 e. The number of esters is 1. The number of hydrogen-bond acceptors (Lipinski definition) is 8. The normalized spacial score (nSPS) is 11.1. The molecule has 33 heavy (non-hydrogen) atoms. The fourth-order valence-corrected chi connectivity index (χ4v) is 3.61. The van der Waals surface area contributed by atoms with Gasteiger partial charge in [-0.05, 0) is 42.7 Å². The van der Waals surface area contributed by atoms with E-state index in [-0.39, 0.29) is 11.9 Å². The van der Waals surface area contributed by atoms with Crippen LogP contribution in [0.25, 0.3) is 22.5 Å². The number of rotatable bonds is 11. The summed E-state index contributed by atoms with van der Waals surface area (Å²) >= 11 is 0. The van der Waals surface area contributed by atoms with Crippen LogP contribution in [0.5, 0.6) is 5.75 Å². The SMILES string of the molecule is COC(=O)CCCCCCOc1cccc(Cn2ncc3c(-c4ccco4)nc(N)nc32)c1. The lowest BCUT2D eigenvalue weighted by Gasteiger charge is -2.09. The monoisotopic (exact) mass is 449 g/mol. The van der Waals surface area contributed by atoms with Crippen LogP contribution in [0.2, 0.25) is 0 Å². The number of carbonyl (C=O) groups is 1. The van der Waals surface area contributed by atoms with Crippen LogP contribution in [0.15, 0.2) is 53.3 Å². The standard InChI is InChI=1S/C24H27N5O4/c1-31-21(30)11-4-2-3-5-12-32-18-9-6-8-17(14-18)16-29-23-19(15-26-29)22(27-24(25)28-23)20-10-7-13-33-20/h6-10,13-15H,2-5,11-12,16H2,1H3,(H2,25,27,28). The van der Waals surface area contributed by atoms with Crippen molar-refractivity contribution >= 4 is 23.0 Å². The number of ether oxygens (including phenoxy) is 2. The van der Waals surface area contributed by atoms with E-state index in [1.807, 2.05) is 30.3 Å². The van der Waals surface area contributed by atoms with Crippen LogP contribution in [-0.2, 0) is 16.1 Å². The van der Waals surface area contributed by atoms with E-state index in [1.165, 1.54) is 7.11 Å². The summed E-state index contributed by atoms with van der Waals surface area (Å²) < 4.78 is 17.8. The van der Waals surface area contributed by atoms with Gasteiger partial charge in [-0.2, -0.15) is 10.1 Å². The van der Waals surface area contributed by atoms with E-state index in [0.29, 0.717) is 36.7 Å². The van der Waals surface area contributed by atoms with Gasteiger partial charge in [0.25, 0.3) is 0 Å². The summed E-state index contributed by atoms with van der Waals surface area (Å²) in [5.74, 6) is 1.44. The molecule has 172 valence electrons. The molecule has 3 heterocycles. The van der Waals surface area contributed by atoms with Crippen LogP contribution in [0, 0.1) is 0 Å². The molecule has 0 fully saturated rings. The highest BCUT2D eigenvalue weighted by Crippen LogP contribution is 2.27. The number of anilines is 1. The number of nitrogen functional groups attached to an aromatic ring is 1. The Hall–Kier alpha value is -3.88. The maximum Gasteiger partial charge on any atom is 0.305 e. The molecule has 0 amide bonds. The average molecular weight is 450 g/mol. The van der Waals surface area contributed by atoms with Crippen molar-refractivity contribution in [3.05, 3.63) is 54.4 Å². The van der Waals surface area contributed by atoms with Gasteiger partial charge in [-0.25, -0.2) is 9.67 Å². The lowest BCUT2D eigenvalue weighted by molar-refractivity contribution is -0.140. The molecule has 0 aliphatic rings. The molecule has 4 rings (SSSR count). The Morgan fingerprint density at radius 3 is 2.82 bits per heavy atom. The molecule has 0 bridgehead atoms. The number of nitrogens with zero attached hydrogens (tertiary/aromatic N) is 4. The van der Waals surface area contributed by atoms with Gasteiger partial charge < -0.3 is 19.6 Å². The average Bonchev–Trinajstić information content (AvgIpc) is 3.49. The Morgan fingerprint density at radius 2 is 2.00 bits per heavy atom. The minimum absolute atomic E-state index is 0.153. The number of methoxy groups -OCH3 is 1. The molecule has 2 N–H and O–H groups in total. The van der Waals surface area contributed by atoms with E-state index in [0.717, 1.165) is 42.4 Å². The first-order valence-electron chi connectivity index (χ1n) is 11.0. The molecule has 3 aromatic heterocycles. The fraction of sp³-hybridized carbons (Fsp3) is 0.333. The highest BCUT2D eigenvalue weighted by Gasteiger charge is 2.15. The van der Waals surface area contributed by atoms with Crippen LogP contribution in [0.1, 0.15) is 37.7 Å². The van der Waals surface area contributed by atoms with Gasteiger partial charge in [0.15, 0.2) is 11.4 Å². The molecule has 9 heteroatoms. The number of unbranched alkanes of at least 4 members (excludes halogenated alkanes) is 3. The molecule has 0 saturated heterocycles. The van der Waals surface area contributed by atoms with Gasteiger partial charge in [0, 0.05) is 6.42 Å². The van der Waals surface area contributed by atoms with Gasteiger partial charge >= 0.3 is 5.97 Å². The first-order valence-corrected chi connectivity index (χ1v) is 11.0. The van der Waals surface area contributed by atoms with E-state index < -0.39 is 0 Å². The van der Waals surface area contributed by atoms with Gasteiger partial charge in [-0.1, -0.05) is 25.0 Å². The molecule has 0 atom stereocenters. The number of nitrogens with two attached hydrogens (primary N) is 1. The van der Waals surface area contributed by atoms with Crippen LogP contribution >= 0.6 is 0 Å². The summed E-state index contributed by atoms with van der Waals surface area (Å²) in [5, 5.41) is 5.27. The van der Waals surface area contributed by atoms with E-state index in [1.54, 1.807) is 23.2 Å². The fourth-order valence-electron chi connectivity index (χ4n) is 3.61. The number of aromatic nitrogens is 4. The van der Waals surface area contributed by atoms with Crippen molar-refractivity contribution in [3.63, 3.8) is 0 Å². The minimum atomic E-state index is -0.153. The minimum Gasteiger partial charge on any atom is -0.494 e. The van der Waals surface area contributed by atoms with Crippen molar-refractivity contribution in [2.75, 3.05) is 19.5 Å². The van der Waals surface area contributed by atoms with Crippen LogP contribution in [0.4, 0.5) is 5.95 Å². The second kappa shape index (κ2) is 10.6. The molecule has 0 spiro atoms. The topological polar surface area (TPSA) is 118 Å². The first-order chi connectivity index (χ1) is 16.1. The second-order valence-electron chi connectivity index (χ2n) is 7.68. The summed E-state index contributed by atoms with van der Waals surface area (Å²) in [6.45, 7) is 1.14. The van der Waals surface area contributed by atoms with E-state index >= 15 is 0 Å². The zero-order valence-electron chi connectivity index (χ0n) is 18.6. The Morgan fingerprint density at radius 1 is 1.12 bits per heavy atom. The molecule has 0 unspecified atom stereocenters. The summed E-state index contributed by atoms with van der Waals surface area (Å²) in [6.07, 6.45) is 7.56. The van der Waals surface area contributed by atoms with E-state index in [9.17, 15) is 4.79 Å². The first kappa shape index (κ1) is 22.3. The predicted molar refractivity (Wildman–Crippen MR) is 124 cm³/mol. The summed E-state index contributed by atoms with van der Waals surface area (Å²) in [5.41, 5.74) is 8.25. The predicted octanol–water partition coefficient (Wildman–Crippen LogP) is 4.22. The maximum atomic E-state index is 11.1. The third kappa shape index (κ3) is 5.68. The van der Waals surface area contributed by atoms with E-state index in [4.69, 9.17) is 14.9 Å². The number of benzene rings is 1. The second-order valence-corrected chi connectivity index (χ2v) is 7.68. The highest BCUT2D eigenvalue weighted by molar-refractivity contribution is 5.89. The molecular weight excluding hydrogens is 422 g/mol. The van der Waals surface area contributed by atoms with Crippen LogP contribution < -0.4 is 10.5 Å². The quantitative estimate of drug-likeness (QED) is 0.267. The van der Waals surface area contributed by atoms with Gasteiger partial charge in [-0.3, -0.25) is 4.79 Å². The highest BCUT2D eigenvalue weighted by atomic mass is 16.5. The molecule has 9 nitrogen and oxygen atoms in total. The van der Waals surface area contributed by atoms with Gasteiger partial charge in [0.05, 0.1) is 38.1 Å². The Balaban J connectivity index is 1.36. The lowest BCUT2D eigenvalue weighted by Crippen LogP contribution is -2.05. The maximum absolute atomic E-state index is 11.1. The zero-order chi connectivity index (χ0) is 23.0. The van der Waals surface area contributed by atoms with Crippen molar-refractivity contribution in [1.82, 2.24) is 19.7 Å². The number of carbonyl (C=O) groups excluding carboxylic acids is 1. The Kier molecular flexibility index (Phi) is 7.19. The summed E-state index contributed by atoms with van der Waals surface area (Å²) in [7, 11) is 1.42. The molecule has 4 aromatic rings. The third-order valence-electron chi connectivity index (χ3n) is 5.27. The Labute approximate surface area is 191 Å². The zero-order valence-corrected chi connectivity index (χ0v) is 18.6. The van der Waals surface area contributed by atoms with Gasteiger partial charge in [-0.15, -0.1) is 0 Å². The van der Waals surface area contributed by atoms with Gasteiger partial charge in [0.2, 0.25) is 5.95 Å². The third-order valence-corrected chi connectivity index (χ3v) is 5.27. The lowest BCUT2D eigenvalue weighted by atomic mass is 10.1. The number of hydrogen-bond donors (Lipinski definition) is 1. The van der Waals surface area contributed by atoms with Crippen molar-refractivity contribution in [1.29, 1.82) is 0 Å². The van der Waals surface area contributed by atoms with Gasteiger partial charge in [0.1, 0.15) is 11.4 Å². The molecule has 0 aliphatic heterocycles. The van der Waals surface area contributed by atoms with Crippen molar-refractivity contribution in [3.8, 4) is 17.2 Å². The molecule has 0 radical (unpaired) electrons. The van der Waals surface area contributed by atoms with Crippen molar-refractivity contribution in [2.45, 2.75) is 38.6 Å². The van der Waals surface area contributed by atoms with Crippen LogP contribution in [0.3, 0.4) is 0 Å². The summed E-state index contributed by atoms with van der Waals surface area (Å²) in [4.78, 5) is 19.8. The van der Waals surface area contributed by atoms with Crippen molar-refractivity contribution in [2.24, 2.45) is 0 Å². The molecular formula is C24H27N5O4. The molecule has 0 saturated carbocycles. The summed E-state index contributed by atoms with van der Waals surface area (Å²) in [6, 6.07) is 11.6. The molecule has 1 aromatic carbocycles. The largest absolute Gasteiger partial charge is 0.494 e. The van der Waals surface area contributed by atoms with Crippen molar-refractivity contribution < 1.29 is 18.7 Å². The molecule has 0 aliphatic carbocycles. The number of furan rings is 1. The van der Waals surface area contributed by atoms with Crippen LogP contribution in [-0.4, -0.2) is 39.4 Å². The van der Waals surface area contributed by atoms with E-state index in [2.05, 4.69) is 19.8 Å².